The second-order valence-electron chi connectivity index (χ2n) is 5.74. The molecule has 0 spiro atoms. The standard InChI is InChI=1S/C20H13BrClNO2S/c21-17-12-6-4-10-15(17)20-19(22)16-11-5-7-13-18(16)23(20)26(24,25)14-8-2-1-3-9-14/h1-13H. The van der Waals surface area contributed by atoms with E-state index in [2.05, 4.69) is 15.9 Å². The van der Waals surface area contributed by atoms with Crippen molar-refractivity contribution in [1.29, 1.82) is 0 Å². The molecule has 0 aliphatic carbocycles. The first-order valence-electron chi connectivity index (χ1n) is 7.86. The molecule has 0 aliphatic heterocycles. The van der Waals surface area contributed by atoms with Gasteiger partial charge in [-0.2, -0.15) is 0 Å². The summed E-state index contributed by atoms with van der Waals surface area (Å²) in [5.41, 5.74) is 1.71. The van der Waals surface area contributed by atoms with Crippen molar-refractivity contribution in [3.63, 3.8) is 0 Å². The summed E-state index contributed by atoms with van der Waals surface area (Å²) in [6.45, 7) is 0. The summed E-state index contributed by atoms with van der Waals surface area (Å²) in [5, 5.41) is 1.10. The van der Waals surface area contributed by atoms with Crippen LogP contribution in [-0.2, 0) is 10.0 Å². The van der Waals surface area contributed by atoms with Crippen molar-refractivity contribution in [2.24, 2.45) is 0 Å². The molecule has 0 aliphatic rings. The van der Waals surface area contributed by atoms with Gasteiger partial charge >= 0.3 is 0 Å². The van der Waals surface area contributed by atoms with E-state index < -0.39 is 10.0 Å². The second-order valence-corrected chi connectivity index (χ2v) is 8.76. The number of halogens is 2. The summed E-state index contributed by atoms with van der Waals surface area (Å²) in [6, 6.07) is 23.1. The third-order valence-electron chi connectivity index (χ3n) is 4.18. The fraction of sp³-hybridized carbons (Fsp3) is 0. The summed E-state index contributed by atoms with van der Waals surface area (Å²) >= 11 is 10.2. The number of hydrogen-bond donors (Lipinski definition) is 0. The summed E-state index contributed by atoms with van der Waals surface area (Å²) < 4.78 is 29.0. The van der Waals surface area contributed by atoms with Gasteiger partial charge in [0.15, 0.2) is 0 Å². The van der Waals surface area contributed by atoms with Gasteiger partial charge in [0, 0.05) is 15.4 Å². The molecule has 3 nitrogen and oxygen atoms in total. The van der Waals surface area contributed by atoms with Gasteiger partial charge in [0.05, 0.1) is 21.1 Å². The lowest BCUT2D eigenvalue weighted by Crippen LogP contribution is -2.14. The maximum Gasteiger partial charge on any atom is 0.268 e. The molecule has 1 heterocycles. The van der Waals surface area contributed by atoms with E-state index in [0.717, 1.165) is 4.47 Å². The lowest BCUT2D eigenvalue weighted by Gasteiger charge is -2.13. The molecule has 0 bridgehead atoms. The molecule has 0 radical (unpaired) electrons. The minimum absolute atomic E-state index is 0.214. The first-order chi connectivity index (χ1) is 12.5. The van der Waals surface area contributed by atoms with Gasteiger partial charge in [0.25, 0.3) is 10.0 Å². The average Bonchev–Trinajstić information content (AvgIpc) is 2.96. The Morgan fingerprint density at radius 3 is 2.15 bits per heavy atom. The molecule has 0 saturated carbocycles. The predicted octanol–water partition coefficient (Wildman–Crippen LogP) is 5.96. The molecule has 0 fully saturated rings. The molecule has 0 saturated heterocycles. The monoisotopic (exact) mass is 445 g/mol. The van der Waals surface area contributed by atoms with Crippen LogP contribution in [0.5, 0.6) is 0 Å². The van der Waals surface area contributed by atoms with Crippen molar-refractivity contribution >= 4 is 48.5 Å². The van der Waals surface area contributed by atoms with Gasteiger partial charge in [-0.1, -0.05) is 82.1 Å². The van der Waals surface area contributed by atoms with Crippen molar-refractivity contribution in [2.75, 3.05) is 0 Å². The lowest BCUT2D eigenvalue weighted by molar-refractivity contribution is 0.589. The first kappa shape index (κ1) is 17.3. The van der Waals surface area contributed by atoms with E-state index in [-0.39, 0.29) is 4.90 Å². The van der Waals surface area contributed by atoms with Gasteiger partial charge < -0.3 is 0 Å². The van der Waals surface area contributed by atoms with Crippen LogP contribution in [0.15, 0.2) is 88.2 Å². The summed E-state index contributed by atoms with van der Waals surface area (Å²) in [7, 11) is -3.83. The zero-order valence-corrected chi connectivity index (χ0v) is 16.6. The van der Waals surface area contributed by atoms with E-state index in [9.17, 15) is 8.42 Å². The van der Waals surface area contributed by atoms with Crippen LogP contribution in [0.2, 0.25) is 5.02 Å². The Labute approximate surface area is 165 Å². The van der Waals surface area contributed by atoms with Crippen LogP contribution in [-0.4, -0.2) is 12.4 Å². The maximum absolute atomic E-state index is 13.5. The molecule has 0 unspecified atom stereocenters. The molecule has 0 atom stereocenters. The Bertz CT molecular complexity index is 1220. The van der Waals surface area contributed by atoms with Crippen LogP contribution in [0.3, 0.4) is 0 Å². The maximum atomic E-state index is 13.5. The number of para-hydroxylation sites is 1. The van der Waals surface area contributed by atoms with Gasteiger partial charge in [-0.05, 0) is 24.3 Å². The van der Waals surface area contributed by atoms with Crippen LogP contribution in [0, 0.1) is 0 Å². The highest BCUT2D eigenvalue weighted by molar-refractivity contribution is 9.10. The molecular weight excluding hydrogens is 434 g/mol. The van der Waals surface area contributed by atoms with Crippen LogP contribution >= 0.6 is 27.5 Å². The molecule has 130 valence electrons. The summed E-state index contributed by atoms with van der Waals surface area (Å²) in [6.07, 6.45) is 0. The number of nitrogens with zero attached hydrogens (tertiary/aromatic N) is 1. The Balaban J connectivity index is 2.16. The molecule has 1 aromatic heterocycles. The number of aromatic nitrogens is 1. The third-order valence-corrected chi connectivity index (χ3v) is 6.98. The quantitative estimate of drug-likeness (QED) is 0.389. The molecule has 0 amide bonds. The van der Waals surface area contributed by atoms with E-state index in [1.807, 2.05) is 36.4 Å². The van der Waals surface area contributed by atoms with Crippen LogP contribution in [0.25, 0.3) is 22.2 Å². The van der Waals surface area contributed by atoms with Crippen molar-refractivity contribution in [3.8, 4) is 11.3 Å². The number of benzene rings is 3. The van der Waals surface area contributed by atoms with Crippen molar-refractivity contribution < 1.29 is 8.42 Å². The third kappa shape index (κ3) is 2.67. The molecule has 6 heteroatoms. The highest BCUT2D eigenvalue weighted by Crippen LogP contribution is 2.42. The minimum Gasteiger partial charge on any atom is -0.232 e. The van der Waals surface area contributed by atoms with Gasteiger partial charge in [-0.15, -0.1) is 0 Å². The first-order valence-corrected chi connectivity index (χ1v) is 10.5. The zero-order valence-electron chi connectivity index (χ0n) is 13.4. The Hall–Kier alpha value is -2.08. The zero-order chi connectivity index (χ0) is 18.3. The smallest absolute Gasteiger partial charge is 0.232 e. The summed E-state index contributed by atoms with van der Waals surface area (Å²) in [5.74, 6) is 0. The number of rotatable bonds is 3. The Morgan fingerprint density at radius 1 is 0.808 bits per heavy atom. The van der Waals surface area contributed by atoms with Crippen LogP contribution < -0.4 is 0 Å². The topological polar surface area (TPSA) is 39.1 Å². The molecular formula is C20H13BrClNO2S. The second kappa shape index (κ2) is 6.58. The van der Waals surface area contributed by atoms with E-state index in [0.29, 0.717) is 27.2 Å². The van der Waals surface area contributed by atoms with Crippen LogP contribution in [0.4, 0.5) is 0 Å². The van der Waals surface area contributed by atoms with Gasteiger partial charge in [0.1, 0.15) is 0 Å². The normalized spacial score (nSPS) is 11.8. The van der Waals surface area contributed by atoms with E-state index in [1.165, 1.54) is 3.97 Å². The van der Waals surface area contributed by atoms with Crippen molar-refractivity contribution in [2.45, 2.75) is 4.90 Å². The number of hydrogen-bond acceptors (Lipinski definition) is 2. The van der Waals surface area contributed by atoms with Gasteiger partial charge in [-0.3, -0.25) is 0 Å². The molecule has 4 rings (SSSR count). The fourth-order valence-corrected chi connectivity index (χ4v) is 5.43. The molecule has 3 aromatic carbocycles. The lowest BCUT2D eigenvalue weighted by atomic mass is 10.1. The van der Waals surface area contributed by atoms with E-state index in [4.69, 9.17) is 11.6 Å². The van der Waals surface area contributed by atoms with Crippen molar-refractivity contribution in [1.82, 2.24) is 3.97 Å². The van der Waals surface area contributed by atoms with E-state index in [1.54, 1.807) is 42.5 Å². The Kier molecular flexibility index (Phi) is 4.39. The molecule has 4 aromatic rings. The largest absolute Gasteiger partial charge is 0.268 e. The van der Waals surface area contributed by atoms with Gasteiger partial charge in [0.2, 0.25) is 0 Å². The van der Waals surface area contributed by atoms with Crippen LogP contribution in [0.1, 0.15) is 0 Å². The molecule has 0 N–H and O–H groups in total. The highest BCUT2D eigenvalue weighted by atomic mass is 79.9. The SMILES string of the molecule is O=S(=O)(c1ccccc1)n1c(-c2ccccc2Br)c(Cl)c2ccccc21. The predicted molar refractivity (Wildman–Crippen MR) is 109 cm³/mol. The van der Waals surface area contributed by atoms with E-state index >= 15 is 0 Å². The number of fused-ring (bicyclic) bond motifs is 1. The molecule has 26 heavy (non-hydrogen) atoms. The fourth-order valence-electron chi connectivity index (χ4n) is 3.00. The average molecular weight is 447 g/mol. The van der Waals surface area contributed by atoms with Crippen molar-refractivity contribution in [3.05, 3.63) is 88.4 Å². The highest BCUT2D eigenvalue weighted by Gasteiger charge is 2.27. The minimum atomic E-state index is -3.83. The summed E-state index contributed by atoms with van der Waals surface area (Å²) in [4.78, 5) is 0.214. The Morgan fingerprint density at radius 2 is 1.42 bits per heavy atom. The van der Waals surface area contributed by atoms with Gasteiger partial charge in [-0.25, -0.2) is 12.4 Å².